The molecule has 2 aromatic carbocycles. The van der Waals surface area contributed by atoms with Crippen molar-refractivity contribution >= 4 is 34.3 Å². The number of amides is 1. The highest BCUT2D eigenvalue weighted by Gasteiger charge is 2.20. The lowest BCUT2D eigenvalue weighted by Gasteiger charge is -2.13. The minimum absolute atomic E-state index is 0.138. The number of ether oxygens (including phenoxy) is 2. The van der Waals surface area contributed by atoms with Crippen molar-refractivity contribution in [1.29, 1.82) is 0 Å². The molecule has 150 valence electrons. The fourth-order valence-electron chi connectivity index (χ4n) is 3.09. The molecular weight excluding hydrogens is 402 g/mol. The lowest BCUT2D eigenvalue weighted by atomic mass is 10.2. The molecule has 0 fully saturated rings. The number of para-hydroxylation sites is 1. The van der Waals surface area contributed by atoms with Gasteiger partial charge in [0.05, 0.1) is 17.0 Å². The molecule has 0 bridgehead atoms. The van der Waals surface area contributed by atoms with Crippen LogP contribution in [-0.4, -0.2) is 27.9 Å². The number of carbonyl (C=O) groups is 1. The first-order valence-electron chi connectivity index (χ1n) is 9.35. The number of nitrogens with one attached hydrogen (secondary N) is 1. The van der Waals surface area contributed by atoms with Crippen molar-refractivity contribution in [1.82, 2.24) is 9.97 Å². The van der Waals surface area contributed by atoms with Crippen LogP contribution in [0.2, 0.25) is 0 Å². The molecule has 0 unspecified atom stereocenters. The Morgan fingerprint density at radius 2 is 1.93 bits per heavy atom. The van der Waals surface area contributed by atoms with Gasteiger partial charge in [-0.2, -0.15) is 0 Å². The Bertz CT molecular complexity index is 1230. The Morgan fingerprint density at radius 3 is 2.80 bits per heavy atom. The van der Waals surface area contributed by atoms with E-state index in [1.165, 1.54) is 11.8 Å². The number of benzene rings is 2. The summed E-state index contributed by atoms with van der Waals surface area (Å²) in [5.74, 6) is 2.23. The monoisotopic (exact) mass is 419 g/mol. The molecule has 5 rings (SSSR count). The minimum atomic E-state index is -0.391. The molecule has 1 N–H and O–H groups in total. The molecule has 7 nitrogen and oxygen atoms in total. The maximum atomic E-state index is 12.8. The number of anilines is 1. The number of aromatic nitrogens is 2. The summed E-state index contributed by atoms with van der Waals surface area (Å²) < 4.78 is 16.1. The van der Waals surface area contributed by atoms with E-state index in [0.29, 0.717) is 28.8 Å². The van der Waals surface area contributed by atoms with Gasteiger partial charge in [0, 0.05) is 17.1 Å². The first-order valence-corrected chi connectivity index (χ1v) is 10.2. The minimum Gasteiger partial charge on any atom is -0.461 e. The van der Waals surface area contributed by atoms with Gasteiger partial charge in [-0.3, -0.25) is 4.79 Å². The number of furan rings is 1. The molecule has 0 saturated carbocycles. The summed E-state index contributed by atoms with van der Waals surface area (Å²) in [5.41, 5.74) is 1.45. The van der Waals surface area contributed by atoms with Crippen molar-refractivity contribution in [3.63, 3.8) is 0 Å². The Morgan fingerprint density at radius 1 is 1.07 bits per heavy atom. The average molecular weight is 419 g/mol. The van der Waals surface area contributed by atoms with Gasteiger partial charge in [-0.1, -0.05) is 30.0 Å². The van der Waals surface area contributed by atoms with E-state index in [0.717, 1.165) is 15.9 Å². The first kappa shape index (κ1) is 18.5. The van der Waals surface area contributed by atoms with E-state index in [4.69, 9.17) is 13.9 Å². The van der Waals surface area contributed by atoms with Crippen molar-refractivity contribution < 1.29 is 18.7 Å². The number of hydrogen-bond acceptors (Lipinski definition) is 7. The van der Waals surface area contributed by atoms with Gasteiger partial charge in [-0.15, -0.1) is 0 Å². The van der Waals surface area contributed by atoms with Crippen LogP contribution in [0.4, 0.5) is 5.69 Å². The Labute approximate surface area is 176 Å². The summed E-state index contributed by atoms with van der Waals surface area (Å²) in [6, 6.07) is 16.7. The zero-order valence-electron chi connectivity index (χ0n) is 16.0. The van der Waals surface area contributed by atoms with Crippen LogP contribution < -0.4 is 14.8 Å². The summed E-state index contributed by atoms with van der Waals surface area (Å²) in [7, 11) is 0. The fraction of sp³-hybridized carbons (Fsp3) is 0.136. The molecule has 4 aromatic rings. The SMILES string of the molecule is C[C@@H](Sc1nc(-c2ccco2)nc2ccccc12)C(=O)Nc1ccc2c(c1)OCO2. The first-order chi connectivity index (χ1) is 14.7. The van der Waals surface area contributed by atoms with Gasteiger partial charge in [-0.05, 0) is 37.3 Å². The molecule has 0 spiro atoms. The highest BCUT2D eigenvalue weighted by molar-refractivity contribution is 8.00. The summed E-state index contributed by atoms with van der Waals surface area (Å²) >= 11 is 1.38. The van der Waals surface area contributed by atoms with E-state index in [9.17, 15) is 4.79 Å². The van der Waals surface area contributed by atoms with E-state index in [1.807, 2.05) is 37.3 Å². The van der Waals surface area contributed by atoms with Crippen LogP contribution >= 0.6 is 11.8 Å². The molecule has 1 amide bonds. The van der Waals surface area contributed by atoms with E-state index in [-0.39, 0.29) is 12.7 Å². The molecule has 3 heterocycles. The van der Waals surface area contributed by atoms with Gasteiger partial charge in [0.1, 0.15) is 5.03 Å². The topological polar surface area (TPSA) is 86.5 Å². The van der Waals surface area contributed by atoms with Gasteiger partial charge in [0.25, 0.3) is 0 Å². The van der Waals surface area contributed by atoms with Crippen molar-refractivity contribution in [2.24, 2.45) is 0 Å². The summed E-state index contributed by atoms with van der Waals surface area (Å²) in [5, 5.41) is 4.15. The largest absolute Gasteiger partial charge is 0.461 e. The van der Waals surface area contributed by atoms with Crippen LogP contribution in [0, 0.1) is 0 Å². The van der Waals surface area contributed by atoms with E-state index < -0.39 is 5.25 Å². The van der Waals surface area contributed by atoms with E-state index in [1.54, 1.807) is 30.5 Å². The molecule has 0 saturated heterocycles. The standard InChI is InChI=1S/C22H17N3O4S/c1-13(21(26)23-14-8-9-17-19(11-14)29-12-28-17)30-22-15-5-2-3-6-16(15)24-20(25-22)18-7-4-10-27-18/h2-11,13H,12H2,1H3,(H,23,26)/t13-/m1/s1. The lowest BCUT2D eigenvalue weighted by molar-refractivity contribution is -0.115. The molecule has 2 aromatic heterocycles. The molecule has 8 heteroatoms. The maximum absolute atomic E-state index is 12.8. The van der Waals surface area contributed by atoms with Gasteiger partial charge in [0.2, 0.25) is 12.7 Å². The van der Waals surface area contributed by atoms with Gasteiger partial charge >= 0.3 is 0 Å². The summed E-state index contributed by atoms with van der Waals surface area (Å²) in [6.07, 6.45) is 1.59. The predicted molar refractivity (Wildman–Crippen MR) is 114 cm³/mol. The van der Waals surface area contributed by atoms with Crippen LogP contribution in [-0.2, 0) is 4.79 Å². The van der Waals surface area contributed by atoms with Gasteiger partial charge in [0.15, 0.2) is 23.1 Å². The van der Waals surface area contributed by atoms with E-state index in [2.05, 4.69) is 15.3 Å². The van der Waals surface area contributed by atoms with Crippen molar-refractivity contribution in [3.05, 3.63) is 60.9 Å². The van der Waals surface area contributed by atoms with Crippen molar-refractivity contribution in [2.75, 3.05) is 12.1 Å². The van der Waals surface area contributed by atoms with Gasteiger partial charge in [-0.25, -0.2) is 9.97 Å². The third kappa shape index (κ3) is 3.57. The van der Waals surface area contributed by atoms with E-state index >= 15 is 0 Å². The average Bonchev–Trinajstić information content (AvgIpc) is 3.45. The molecule has 1 atom stereocenters. The number of thioether (sulfide) groups is 1. The maximum Gasteiger partial charge on any atom is 0.237 e. The zero-order chi connectivity index (χ0) is 20.5. The number of nitrogens with zero attached hydrogens (tertiary/aromatic N) is 2. The predicted octanol–water partition coefficient (Wildman–Crippen LogP) is 4.74. The quantitative estimate of drug-likeness (QED) is 0.369. The Balaban J connectivity index is 1.39. The Kier molecular flexibility index (Phi) is 4.76. The summed E-state index contributed by atoms with van der Waals surface area (Å²) in [4.78, 5) is 22.0. The second-order valence-corrected chi connectivity index (χ2v) is 7.99. The van der Waals surface area contributed by atoms with Crippen LogP contribution in [0.15, 0.2) is 70.3 Å². The second kappa shape index (κ2) is 7.72. The van der Waals surface area contributed by atoms with Gasteiger partial charge < -0.3 is 19.2 Å². The highest BCUT2D eigenvalue weighted by Crippen LogP contribution is 2.35. The normalized spacial score (nSPS) is 13.4. The fourth-order valence-corrected chi connectivity index (χ4v) is 4.03. The highest BCUT2D eigenvalue weighted by atomic mass is 32.2. The molecule has 30 heavy (non-hydrogen) atoms. The smallest absolute Gasteiger partial charge is 0.237 e. The molecule has 0 radical (unpaired) electrons. The molecule has 1 aliphatic heterocycles. The van der Waals surface area contributed by atoms with Crippen LogP contribution in [0.5, 0.6) is 11.5 Å². The summed E-state index contributed by atoms with van der Waals surface area (Å²) in [6.45, 7) is 2.04. The zero-order valence-corrected chi connectivity index (χ0v) is 16.8. The number of hydrogen-bond donors (Lipinski definition) is 1. The lowest BCUT2D eigenvalue weighted by Crippen LogP contribution is -2.22. The number of carbonyl (C=O) groups excluding carboxylic acids is 1. The van der Waals surface area contributed by atoms with Crippen LogP contribution in [0.25, 0.3) is 22.5 Å². The van der Waals surface area contributed by atoms with Crippen LogP contribution in [0.3, 0.4) is 0 Å². The Hall–Kier alpha value is -3.52. The third-order valence-corrected chi connectivity index (χ3v) is 5.71. The number of rotatable bonds is 5. The van der Waals surface area contributed by atoms with Crippen molar-refractivity contribution in [3.8, 4) is 23.1 Å². The molecule has 0 aliphatic carbocycles. The molecular formula is C22H17N3O4S. The number of fused-ring (bicyclic) bond motifs is 2. The van der Waals surface area contributed by atoms with Crippen molar-refractivity contribution in [2.45, 2.75) is 17.2 Å². The molecule has 1 aliphatic rings. The van der Waals surface area contributed by atoms with Crippen LogP contribution in [0.1, 0.15) is 6.92 Å². The second-order valence-electron chi connectivity index (χ2n) is 6.66. The third-order valence-electron chi connectivity index (χ3n) is 4.61.